The molecule has 0 spiro atoms. The van der Waals surface area contributed by atoms with Gasteiger partial charge in [0, 0.05) is 18.5 Å². The van der Waals surface area contributed by atoms with E-state index in [9.17, 15) is 4.79 Å². The van der Waals surface area contributed by atoms with Crippen LogP contribution in [0.25, 0.3) is 10.9 Å². The molecule has 3 N–H and O–H groups in total. The van der Waals surface area contributed by atoms with Gasteiger partial charge in [-0.2, -0.15) is 0 Å². The van der Waals surface area contributed by atoms with Gasteiger partial charge in [-0.3, -0.25) is 9.78 Å². The average molecular weight is 256 g/mol. The summed E-state index contributed by atoms with van der Waals surface area (Å²) >= 11 is 0. The van der Waals surface area contributed by atoms with Gasteiger partial charge in [-0.1, -0.05) is 18.2 Å². The molecule has 0 radical (unpaired) electrons. The SMILES string of the molecule is Nc1cnc2ccccc2c1N1CCCNC(=O)C1. The molecular formula is C14H16N4O. The van der Waals surface area contributed by atoms with Crippen LogP contribution in [0.2, 0.25) is 0 Å². The zero-order chi connectivity index (χ0) is 13.2. The molecule has 98 valence electrons. The Labute approximate surface area is 111 Å². The number of hydrogen-bond donors (Lipinski definition) is 2. The van der Waals surface area contributed by atoms with Crippen molar-refractivity contribution >= 4 is 28.2 Å². The predicted octanol–water partition coefficient (Wildman–Crippen LogP) is 1.14. The van der Waals surface area contributed by atoms with Crippen LogP contribution in [0.3, 0.4) is 0 Å². The van der Waals surface area contributed by atoms with Gasteiger partial charge in [0.05, 0.1) is 29.6 Å². The Morgan fingerprint density at radius 2 is 2.16 bits per heavy atom. The van der Waals surface area contributed by atoms with Crippen LogP contribution in [0.15, 0.2) is 30.5 Å². The van der Waals surface area contributed by atoms with E-state index in [1.807, 2.05) is 29.2 Å². The van der Waals surface area contributed by atoms with E-state index >= 15 is 0 Å². The molecule has 0 atom stereocenters. The third kappa shape index (κ3) is 2.19. The summed E-state index contributed by atoms with van der Waals surface area (Å²) in [6.45, 7) is 1.88. The molecule has 0 aliphatic carbocycles. The summed E-state index contributed by atoms with van der Waals surface area (Å²) in [7, 11) is 0. The average Bonchev–Trinajstić information content (AvgIpc) is 2.63. The molecule has 1 aromatic heterocycles. The zero-order valence-electron chi connectivity index (χ0n) is 10.6. The molecule has 2 heterocycles. The fraction of sp³-hybridized carbons (Fsp3) is 0.286. The molecule has 0 bridgehead atoms. The number of benzene rings is 1. The van der Waals surface area contributed by atoms with Crippen molar-refractivity contribution in [3.63, 3.8) is 0 Å². The number of carbonyl (C=O) groups is 1. The maximum absolute atomic E-state index is 11.7. The lowest BCUT2D eigenvalue weighted by atomic mass is 10.1. The fourth-order valence-electron chi connectivity index (χ4n) is 2.49. The van der Waals surface area contributed by atoms with Gasteiger partial charge in [-0.25, -0.2) is 0 Å². The van der Waals surface area contributed by atoms with Crippen molar-refractivity contribution in [2.24, 2.45) is 0 Å². The Kier molecular flexibility index (Phi) is 2.95. The van der Waals surface area contributed by atoms with E-state index in [2.05, 4.69) is 10.3 Å². The molecule has 3 rings (SSSR count). The lowest BCUT2D eigenvalue weighted by molar-refractivity contribution is -0.119. The lowest BCUT2D eigenvalue weighted by Crippen LogP contribution is -2.33. The topological polar surface area (TPSA) is 71.2 Å². The van der Waals surface area contributed by atoms with E-state index in [0.717, 1.165) is 36.1 Å². The highest BCUT2D eigenvalue weighted by Crippen LogP contribution is 2.31. The van der Waals surface area contributed by atoms with Crippen LogP contribution < -0.4 is 16.0 Å². The van der Waals surface area contributed by atoms with Crippen LogP contribution >= 0.6 is 0 Å². The van der Waals surface area contributed by atoms with Gasteiger partial charge in [0.2, 0.25) is 5.91 Å². The van der Waals surface area contributed by atoms with Crippen molar-refractivity contribution in [2.45, 2.75) is 6.42 Å². The Morgan fingerprint density at radius 1 is 1.32 bits per heavy atom. The summed E-state index contributed by atoms with van der Waals surface area (Å²) in [4.78, 5) is 18.1. The first-order chi connectivity index (χ1) is 9.25. The van der Waals surface area contributed by atoms with Gasteiger partial charge < -0.3 is 16.0 Å². The van der Waals surface area contributed by atoms with Gasteiger partial charge in [0.1, 0.15) is 0 Å². The maximum Gasteiger partial charge on any atom is 0.239 e. The number of nitrogens with two attached hydrogens (primary N) is 1. The van der Waals surface area contributed by atoms with Crippen molar-refractivity contribution in [1.29, 1.82) is 0 Å². The Bertz CT molecular complexity index is 626. The first kappa shape index (κ1) is 11.8. The standard InChI is InChI=1S/C14H16N4O/c15-11-8-17-12-5-2-1-4-10(12)14(11)18-7-3-6-16-13(19)9-18/h1-2,4-5,8H,3,6-7,9,15H2,(H,16,19). The molecule has 5 heteroatoms. The van der Waals surface area contributed by atoms with Crippen LogP contribution in [-0.4, -0.2) is 30.5 Å². The monoisotopic (exact) mass is 256 g/mol. The number of rotatable bonds is 1. The first-order valence-electron chi connectivity index (χ1n) is 6.40. The second-order valence-electron chi connectivity index (χ2n) is 4.70. The molecule has 5 nitrogen and oxygen atoms in total. The van der Waals surface area contributed by atoms with Gasteiger partial charge in [-0.15, -0.1) is 0 Å². The van der Waals surface area contributed by atoms with Crippen LogP contribution in [0.5, 0.6) is 0 Å². The van der Waals surface area contributed by atoms with Gasteiger partial charge in [-0.05, 0) is 12.5 Å². The van der Waals surface area contributed by atoms with Crippen molar-refractivity contribution in [2.75, 3.05) is 30.3 Å². The predicted molar refractivity (Wildman–Crippen MR) is 76.0 cm³/mol. The highest BCUT2D eigenvalue weighted by atomic mass is 16.2. The second-order valence-corrected chi connectivity index (χ2v) is 4.70. The van der Waals surface area contributed by atoms with Crippen molar-refractivity contribution in [1.82, 2.24) is 10.3 Å². The molecule has 0 unspecified atom stereocenters. The van der Waals surface area contributed by atoms with E-state index in [1.165, 1.54) is 0 Å². The molecule has 1 fully saturated rings. The maximum atomic E-state index is 11.7. The fourth-order valence-corrected chi connectivity index (χ4v) is 2.49. The number of anilines is 2. The van der Waals surface area contributed by atoms with Crippen LogP contribution in [0, 0.1) is 0 Å². The van der Waals surface area contributed by atoms with E-state index in [1.54, 1.807) is 6.20 Å². The highest BCUT2D eigenvalue weighted by molar-refractivity contribution is 5.99. The van der Waals surface area contributed by atoms with Crippen molar-refractivity contribution in [3.8, 4) is 0 Å². The normalized spacial score (nSPS) is 16.2. The summed E-state index contributed by atoms with van der Waals surface area (Å²) in [6.07, 6.45) is 2.59. The number of hydrogen-bond acceptors (Lipinski definition) is 4. The number of nitrogens with one attached hydrogen (secondary N) is 1. The molecule has 1 amide bonds. The number of fused-ring (bicyclic) bond motifs is 1. The minimum atomic E-state index is 0.0396. The van der Waals surface area contributed by atoms with E-state index in [-0.39, 0.29) is 5.91 Å². The Hall–Kier alpha value is -2.30. The minimum Gasteiger partial charge on any atom is -0.396 e. The van der Waals surface area contributed by atoms with Crippen LogP contribution in [0.4, 0.5) is 11.4 Å². The number of para-hydroxylation sites is 1. The second kappa shape index (κ2) is 4.76. The molecule has 1 aliphatic heterocycles. The van der Waals surface area contributed by atoms with Gasteiger partial charge in [0.15, 0.2) is 0 Å². The molecule has 1 saturated heterocycles. The minimum absolute atomic E-state index is 0.0396. The van der Waals surface area contributed by atoms with Crippen molar-refractivity contribution in [3.05, 3.63) is 30.5 Å². The summed E-state index contributed by atoms with van der Waals surface area (Å²) in [5, 5.41) is 3.87. The highest BCUT2D eigenvalue weighted by Gasteiger charge is 2.19. The number of pyridine rings is 1. The molecule has 1 aliphatic rings. The number of carbonyl (C=O) groups excluding carboxylic acids is 1. The number of nitrogen functional groups attached to an aromatic ring is 1. The van der Waals surface area contributed by atoms with Crippen LogP contribution in [0.1, 0.15) is 6.42 Å². The van der Waals surface area contributed by atoms with Gasteiger partial charge >= 0.3 is 0 Å². The smallest absolute Gasteiger partial charge is 0.239 e. The number of aromatic nitrogens is 1. The zero-order valence-corrected chi connectivity index (χ0v) is 10.6. The largest absolute Gasteiger partial charge is 0.396 e. The molecule has 19 heavy (non-hydrogen) atoms. The summed E-state index contributed by atoms with van der Waals surface area (Å²) < 4.78 is 0. The summed E-state index contributed by atoms with van der Waals surface area (Å²) in [5.74, 6) is 0.0396. The summed E-state index contributed by atoms with van der Waals surface area (Å²) in [6, 6.07) is 7.86. The van der Waals surface area contributed by atoms with E-state index < -0.39 is 0 Å². The molecule has 0 saturated carbocycles. The van der Waals surface area contributed by atoms with E-state index in [4.69, 9.17) is 5.73 Å². The molecular weight excluding hydrogens is 240 g/mol. The number of nitrogens with zero attached hydrogens (tertiary/aromatic N) is 2. The third-order valence-electron chi connectivity index (χ3n) is 3.35. The number of amides is 1. The Balaban J connectivity index is 2.12. The molecule has 1 aromatic carbocycles. The lowest BCUT2D eigenvalue weighted by Gasteiger charge is -2.24. The Morgan fingerprint density at radius 3 is 3.05 bits per heavy atom. The van der Waals surface area contributed by atoms with Crippen molar-refractivity contribution < 1.29 is 4.79 Å². The first-order valence-corrected chi connectivity index (χ1v) is 6.40. The molecule has 2 aromatic rings. The summed E-state index contributed by atoms with van der Waals surface area (Å²) in [5.41, 5.74) is 8.52. The third-order valence-corrected chi connectivity index (χ3v) is 3.35. The van der Waals surface area contributed by atoms with E-state index in [0.29, 0.717) is 12.2 Å². The van der Waals surface area contributed by atoms with Crippen LogP contribution in [-0.2, 0) is 4.79 Å². The van der Waals surface area contributed by atoms with Gasteiger partial charge in [0.25, 0.3) is 0 Å². The quantitative estimate of drug-likeness (QED) is 0.802.